The predicted molar refractivity (Wildman–Crippen MR) is 88.9 cm³/mol. The summed E-state index contributed by atoms with van der Waals surface area (Å²) in [6.45, 7) is 5.62. The first-order chi connectivity index (χ1) is 11.8. The normalized spacial score (nSPS) is 23.5. The van der Waals surface area contributed by atoms with Crippen molar-refractivity contribution in [3.63, 3.8) is 0 Å². The van der Waals surface area contributed by atoms with Crippen LogP contribution in [0.5, 0.6) is 0 Å². The topological polar surface area (TPSA) is 60.9 Å². The number of likely N-dealkylation sites (tertiary alicyclic amines) is 1. The molecule has 6 nitrogen and oxygen atoms in total. The van der Waals surface area contributed by atoms with E-state index in [1.54, 1.807) is 30.9 Å². The van der Waals surface area contributed by atoms with Crippen LogP contribution in [-0.2, 0) is 16.1 Å². The molecule has 0 radical (unpaired) electrons. The third-order valence-corrected chi connectivity index (χ3v) is 4.87. The summed E-state index contributed by atoms with van der Waals surface area (Å²) in [4.78, 5) is 42.0. The van der Waals surface area contributed by atoms with E-state index in [0.717, 1.165) is 0 Å². The highest BCUT2D eigenvalue weighted by molar-refractivity contribution is 6.02. The van der Waals surface area contributed by atoms with Crippen LogP contribution in [0.1, 0.15) is 32.8 Å². The van der Waals surface area contributed by atoms with Gasteiger partial charge in [-0.05, 0) is 38.0 Å². The average Bonchev–Trinajstić information content (AvgIpc) is 2.96. The quantitative estimate of drug-likeness (QED) is 0.840. The number of benzene rings is 1. The van der Waals surface area contributed by atoms with Gasteiger partial charge in [-0.15, -0.1) is 0 Å². The number of hydrogen-bond acceptors (Lipinski definition) is 3. The van der Waals surface area contributed by atoms with E-state index < -0.39 is 6.04 Å². The van der Waals surface area contributed by atoms with Crippen LogP contribution in [0.4, 0.5) is 9.18 Å². The van der Waals surface area contributed by atoms with E-state index in [4.69, 9.17) is 0 Å². The SMILES string of the molecule is CC(=O)N1CC[C@@H]2[C@@H]1C(=O)N(C(C)C)C(=O)N2Cc1cccc(F)c1. The molecule has 0 saturated carbocycles. The van der Waals surface area contributed by atoms with Gasteiger partial charge in [-0.3, -0.25) is 14.5 Å². The van der Waals surface area contributed by atoms with Crippen molar-refractivity contribution in [1.82, 2.24) is 14.7 Å². The average molecular weight is 347 g/mol. The molecular formula is C18H22FN3O3. The lowest BCUT2D eigenvalue weighted by atomic mass is 10.0. The minimum atomic E-state index is -0.661. The second-order valence-electron chi connectivity index (χ2n) is 6.86. The molecule has 2 atom stereocenters. The smallest absolute Gasteiger partial charge is 0.327 e. The van der Waals surface area contributed by atoms with Crippen LogP contribution in [0.3, 0.4) is 0 Å². The van der Waals surface area contributed by atoms with Gasteiger partial charge < -0.3 is 9.80 Å². The third kappa shape index (κ3) is 2.99. The molecule has 2 saturated heterocycles. The van der Waals surface area contributed by atoms with E-state index in [2.05, 4.69) is 0 Å². The number of amides is 4. The molecule has 134 valence electrons. The Morgan fingerprint density at radius 3 is 2.64 bits per heavy atom. The van der Waals surface area contributed by atoms with Crippen molar-refractivity contribution in [2.75, 3.05) is 6.54 Å². The van der Waals surface area contributed by atoms with E-state index in [1.165, 1.54) is 28.9 Å². The molecule has 1 aromatic carbocycles. The highest BCUT2D eigenvalue weighted by Gasteiger charge is 2.53. The maximum atomic E-state index is 13.5. The van der Waals surface area contributed by atoms with Gasteiger partial charge in [0.05, 0.1) is 6.04 Å². The van der Waals surface area contributed by atoms with Crippen molar-refractivity contribution >= 4 is 17.8 Å². The lowest BCUT2D eigenvalue weighted by Gasteiger charge is -2.44. The fourth-order valence-electron chi connectivity index (χ4n) is 3.76. The Balaban J connectivity index is 1.96. The number of rotatable bonds is 3. The lowest BCUT2D eigenvalue weighted by molar-refractivity contribution is -0.146. The highest BCUT2D eigenvalue weighted by atomic mass is 19.1. The Morgan fingerprint density at radius 2 is 2.04 bits per heavy atom. The van der Waals surface area contributed by atoms with E-state index >= 15 is 0 Å². The number of carbonyl (C=O) groups excluding carboxylic acids is 3. The first-order valence-corrected chi connectivity index (χ1v) is 8.46. The van der Waals surface area contributed by atoms with Crippen molar-refractivity contribution in [3.05, 3.63) is 35.6 Å². The minimum absolute atomic E-state index is 0.176. The molecule has 7 heteroatoms. The zero-order valence-electron chi connectivity index (χ0n) is 14.6. The van der Waals surface area contributed by atoms with Gasteiger partial charge in [-0.2, -0.15) is 0 Å². The summed E-state index contributed by atoms with van der Waals surface area (Å²) in [5, 5.41) is 0. The zero-order chi connectivity index (χ0) is 18.3. The lowest BCUT2D eigenvalue weighted by Crippen LogP contribution is -2.66. The molecule has 0 bridgehead atoms. The van der Waals surface area contributed by atoms with Gasteiger partial charge >= 0.3 is 6.03 Å². The molecule has 4 amide bonds. The molecule has 1 aromatic rings. The zero-order valence-corrected chi connectivity index (χ0v) is 14.6. The summed E-state index contributed by atoms with van der Waals surface area (Å²) in [7, 11) is 0. The molecule has 2 heterocycles. The van der Waals surface area contributed by atoms with Crippen LogP contribution in [0.2, 0.25) is 0 Å². The van der Waals surface area contributed by atoms with Crippen molar-refractivity contribution < 1.29 is 18.8 Å². The van der Waals surface area contributed by atoms with E-state index in [-0.39, 0.29) is 42.3 Å². The Bertz CT molecular complexity index is 721. The Labute approximate surface area is 146 Å². The van der Waals surface area contributed by atoms with E-state index in [0.29, 0.717) is 18.5 Å². The molecule has 25 heavy (non-hydrogen) atoms. The molecular weight excluding hydrogens is 325 g/mol. The molecule has 3 rings (SSSR count). The standard InChI is InChI=1S/C18H22FN3O3/c1-11(2)22-17(24)16-15(7-8-20(16)12(3)23)21(18(22)25)10-13-5-4-6-14(19)9-13/h4-6,9,11,15-16H,7-8,10H2,1-3H3/t15-,16-/m1/s1. The molecule has 0 aliphatic carbocycles. The van der Waals surface area contributed by atoms with Crippen LogP contribution >= 0.6 is 0 Å². The fourth-order valence-corrected chi connectivity index (χ4v) is 3.76. The van der Waals surface area contributed by atoms with Gasteiger partial charge in [0.2, 0.25) is 5.91 Å². The number of halogens is 1. The molecule has 0 aromatic heterocycles. The number of urea groups is 1. The number of carbonyl (C=O) groups is 3. The molecule has 2 aliphatic rings. The first kappa shape index (κ1) is 17.4. The van der Waals surface area contributed by atoms with Crippen LogP contribution in [0, 0.1) is 5.82 Å². The summed E-state index contributed by atoms with van der Waals surface area (Å²) in [6.07, 6.45) is 0.545. The Morgan fingerprint density at radius 1 is 1.32 bits per heavy atom. The summed E-state index contributed by atoms with van der Waals surface area (Å²) in [5.41, 5.74) is 0.659. The summed E-state index contributed by atoms with van der Waals surface area (Å²) in [6, 6.07) is 4.35. The Hall–Kier alpha value is -2.44. The van der Waals surface area contributed by atoms with Crippen LogP contribution in [0.25, 0.3) is 0 Å². The minimum Gasteiger partial charge on any atom is -0.329 e. The van der Waals surface area contributed by atoms with Crippen LogP contribution in [-0.4, -0.2) is 57.2 Å². The number of imide groups is 1. The Kier molecular flexibility index (Phi) is 4.49. The summed E-state index contributed by atoms with van der Waals surface area (Å²) >= 11 is 0. The van der Waals surface area contributed by atoms with Crippen LogP contribution in [0.15, 0.2) is 24.3 Å². The van der Waals surface area contributed by atoms with Gasteiger partial charge in [0.15, 0.2) is 0 Å². The van der Waals surface area contributed by atoms with Gasteiger partial charge in [0.25, 0.3) is 5.91 Å². The predicted octanol–water partition coefficient (Wildman–Crippen LogP) is 1.99. The second-order valence-corrected chi connectivity index (χ2v) is 6.86. The summed E-state index contributed by atoms with van der Waals surface area (Å²) in [5.74, 6) is -0.870. The van der Waals surface area contributed by atoms with Crippen LogP contribution < -0.4 is 0 Å². The third-order valence-electron chi connectivity index (χ3n) is 4.87. The summed E-state index contributed by atoms with van der Waals surface area (Å²) < 4.78 is 13.5. The number of fused-ring (bicyclic) bond motifs is 1. The highest BCUT2D eigenvalue weighted by Crippen LogP contribution is 2.32. The molecule has 0 spiro atoms. The van der Waals surface area contributed by atoms with Crippen molar-refractivity contribution in [2.24, 2.45) is 0 Å². The molecule has 2 fully saturated rings. The van der Waals surface area contributed by atoms with Gasteiger partial charge in [0.1, 0.15) is 11.9 Å². The number of hydrogen-bond donors (Lipinski definition) is 0. The molecule has 2 aliphatic heterocycles. The molecule has 0 N–H and O–H groups in total. The largest absolute Gasteiger partial charge is 0.329 e. The first-order valence-electron chi connectivity index (χ1n) is 8.46. The van der Waals surface area contributed by atoms with E-state index in [1.807, 2.05) is 0 Å². The van der Waals surface area contributed by atoms with Crippen molar-refractivity contribution in [2.45, 2.75) is 51.9 Å². The second kappa shape index (κ2) is 6.46. The van der Waals surface area contributed by atoms with Crippen molar-refractivity contribution in [1.29, 1.82) is 0 Å². The van der Waals surface area contributed by atoms with Gasteiger partial charge in [-0.1, -0.05) is 12.1 Å². The maximum absolute atomic E-state index is 13.5. The number of nitrogens with zero attached hydrogens (tertiary/aromatic N) is 3. The van der Waals surface area contributed by atoms with Gasteiger partial charge in [-0.25, -0.2) is 9.18 Å². The molecule has 0 unspecified atom stereocenters. The van der Waals surface area contributed by atoms with Gasteiger partial charge in [0, 0.05) is 26.1 Å². The maximum Gasteiger partial charge on any atom is 0.327 e. The monoisotopic (exact) mass is 347 g/mol. The van der Waals surface area contributed by atoms with E-state index in [9.17, 15) is 18.8 Å². The fraction of sp³-hybridized carbons (Fsp3) is 0.500. The van der Waals surface area contributed by atoms with Crippen molar-refractivity contribution in [3.8, 4) is 0 Å².